The fourth-order valence-electron chi connectivity index (χ4n) is 3.91. The Hall–Kier alpha value is -2.38. The molecule has 0 radical (unpaired) electrons. The fourth-order valence-corrected chi connectivity index (χ4v) is 3.91. The molecule has 0 aliphatic heterocycles. The highest BCUT2D eigenvalue weighted by molar-refractivity contribution is 5.69. The summed E-state index contributed by atoms with van der Waals surface area (Å²) in [5, 5.41) is 0. The molecule has 0 bridgehead atoms. The van der Waals surface area contributed by atoms with Crippen LogP contribution in [0.1, 0.15) is 12.5 Å². The zero-order valence-corrected chi connectivity index (χ0v) is 17.8. The number of aromatic nitrogens is 4. The SMILES string of the molecule is CC(Cn1cnc2c1c(=O)n(C)c(=O)n2C)C[N+](C)(C)Cc1ccccc1.[Cl-]. The first kappa shape index (κ1) is 21.9. The van der Waals surface area contributed by atoms with E-state index >= 15 is 0 Å². The Kier molecular flexibility index (Phi) is 6.52. The fraction of sp³-hybridized carbons (Fsp3) is 0.450. The van der Waals surface area contributed by atoms with Crippen molar-refractivity contribution in [2.75, 3.05) is 20.6 Å². The highest BCUT2D eigenvalue weighted by Gasteiger charge is 2.22. The van der Waals surface area contributed by atoms with Crippen LogP contribution < -0.4 is 23.7 Å². The second-order valence-electron chi connectivity index (χ2n) is 8.14. The van der Waals surface area contributed by atoms with Crippen molar-refractivity contribution in [2.24, 2.45) is 20.0 Å². The lowest BCUT2D eigenvalue weighted by Gasteiger charge is -2.32. The smallest absolute Gasteiger partial charge is 0.332 e. The van der Waals surface area contributed by atoms with Gasteiger partial charge in [0.2, 0.25) is 0 Å². The second kappa shape index (κ2) is 8.32. The van der Waals surface area contributed by atoms with Crippen LogP contribution in [0.2, 0.25) is 0 Å². The van der Waals surface area contributed by atoms with E-state index in [1.54, 1.807) is 13.4 Å². The Balaban J connectivity index is 0.00000280. The summed E-state index contributed by atoms with van der Waals surface area (Å²) in [6.45, 7) is 4.77. The van der Waals surface area contributed by atoms with E-state index in [1.807, 2.05) is 10.6 Å². The summed E-state index contributed by atoms with van der Waals surface area (Å²) in [4.78, 5) is 29.0. The van der Waals surface area contributed by atoms with Crippen molar-refractivity contribution in [3.63, 3.8) is 0 Å². The third kappa shape index (κ3) is 4.36. The number of hydrogen-bond acceptors (Lipinski definition) is 3. The van der Waals surface area contributed by atoms with Crippen LogP contribution in [0.25, 0.3) is 11.2 Å². The molecule has 2 aromatic heterocycles. The molecular weight excluding hydrogens is 378 g/mol. The number of rotatable bonds is 6. The van der Waals surface area contributed by atoms with Gasteiger partial charge in [-0.2, -0.15) is 0 Å². The molecule has 0 saturated carbocycles. The zero-order chi connectivity index (χ0) is 19.8. The van der Waals surface area contributed by atoms with Gasteiger partial charge in [-0.3, -0.25) is 13.9 Å². The Labute approximate surface area is 170 Å². The van der Waals surface area contributed by atoms with Crippen LogP contribution in [0, 0.1) is 5.92 Å². The number of aryl methyl sites for hydroxylation is 1. The molecule has 152 valence electrons. The van der Waals surface area contributed by atoms with Crippen LogP contribution in [-0.4, -0.2) is 43.8 Å². The van der Waals surface area contributed by atoms with E-state index in [1.165, 1.54) is 17.2 Å². The minimum absolute atomic E-state index is 0. The molecule has 1 aromatic carbocycles. The standard InChI is InChI=1S/C20H28N5O2.ClH/c1-15(12-25(4,5)13-16-9-7-6-8-10-16)11-24-14-21-18-17(24)19(26)23(3)20(27)22(18)2;/h6-10,14-15H,11-13H2,1-5H3;1H/q+1;/p-1. The molecule has 0 aliphatic rings. The maximum atomic E-state index is 12.6. The van der Waals surface area contributed by atoms with Gasteiger partial charge < -0.3 is 21.5 Å². The van der Waals surface area contributed by atoms with Gasteiger partial charge >= 0.3 is 5.69 Å². The summed E-state index contributed by atoms with van der Waals surface area (Å²) in [6, 6.07) is 10.5. The molecule has 2 heterocycles. The zero-order valence-electron chi connectivity index (χ0n) is 17.1. The van der Waals surface area contributed by atoms with Gasteiger partial charge in [-0.25, -0.2) is 9.78 Å². The largest absolute Gasteiger partial charge is 1.00 e. The minimum atomic E-state index is -0.355. The van der Waals surface area contributed by atoms with Crippen LogP contribution in [0.4, 0.5) is 0 Å². The summed E-state index contributed by atoms with van der Waals surface area (Å²) < 4.78 is 5.30. The number of benzene rings is 1. The first-order valence-corrected chi connectivity index (χ1v) is 9.16. The van der Waals surface area contributed by atoms with Gasteiger partial charge in [0, 0.05) is 32.1 Å². The molecule has 28 heavy (non-hydrogen) atoms. The molecule has 1 atom stereocenters. The van der Waals surface area contributed by atoms with E-state index < -0.39 is 0 Å². The van der Waals surface area contributed by atoms with Gasteiger partial charge in [0.25, 0.3) is 5.56 Å². The van der Waals surface area contributed by atoms with Crippen LogP contribution in [0.15, 0.2) is 46.2 Å². The van der Waals surface area contributed by atoms with Crippen molar-refractivity contribution in [3.05, 3.63) is 63.1 Å². The van der Waals surface area contributed by atoms with Gasteiger partial charge in [0.1, 0.15) is 6.54 Å². The predicted molar refractivity (Wildman–Crippen MR) is 107 cm³/mol. The number of nitrogens with zero attached hydrogens (tertiary/aromatic N) is 5. The van der Waals surface area contributed by atoms with Crippen molar-refractivity contribution in [3.8, 4) is 0 Å². The molecule has 7 nitrogen and oxygen atoms in total. The van der Waals surface area contributed by atoms with E-state index in [2.05, 4.69) is 50.3 Å². The van der Waals surface area contributed by atoms with Crippen molar-refractivity contribution >= 4 is 11.2 Å². The summed E-state index contributed by atoms with van der Waals surface area (Å²) in [6.07, 6.45) is 1.67. The highest BCUT2D eigenvalue weighted by atomic mass is 35.5. The van der Waals surface area contributed by atoms with E-state index in [0.29, 0.717) is 23.6 Å². The molecule has 1 unspecified atom stereocenters. The molecule has 3 aromatic rings. The summed E-state index contributed by atoms with van der Waals surface area (Å²) >= 11 is 0. The maximum Gasteiger partial charge on any atom is 0.332 e. The van der Waals surface area contributed by atoms with Crippen LogP contribution in [0.5, 0.6) is 0 Å². The maximum absolute atomic E-state index is 12.6. The van der Waals surface area contributed by atoms with E-state index in [0.717, 1.165) is 22.1 Å². The average molecular weight is 406 g/mol. The minimum Gasteiger partial charge on any atom is -1.00 e. The molecule has 0 spiro atoms. The Bertz CT molecular complexity index is 1070. The monoisotopic (exact) mass is 405 g/mol. The molecule has 0 saturated heterocycles. The third-order valence-corrected chi connectivity index (χ3v) is 4.98. The van der Waals surface area contributed by atoms with Crippen molar-refractivity contribution in [1.29, 1.82) is 0 Å². The predicted octanol–water partition coefficient (Wildman–Crippen LogP) is -1.65. The third-order valence-electron chi connectivity index (χ3n) is 4.98. The highest BCUT2D eigenvalue weighted by Crippen LogP contribution is 2.15. The van der Waals surface area contributed by atoms with Crippen LogP contribution in [-0.2, 0) is 27.2 Å². The lowest BCUT2D eigenvalue weighted by Crippen LogP contribution is -3.00. The lowest BCUT2D eigenvalue weighted by atomic mass is 10.1. The quantitative estimate of drug-likeness (QED) is 0.462. The summed E-state index contributed by atoms with van der Waals surface area (Å²) in [5.41, 5.74) is 1.59. The van der Waals surface area contributed by atoms with Crippen molar-refractivity contribution in [1.82, 2.24) is 18.7 Å². The molecule has 0 fully saturated rings. The van der Waals surface area contributed by atoms with Gasteiger partial charge in [-0.05, 0) is 0 Å². The first-order chi connectivity index (χ1) is 12.7. The van der Waals surface area contributed by atoms with Gasteiger partial charge in [0.15, 0.2) is 11.2 Å². The number of hydrogen-bond donors (Lipinski definition) is 0. The number of fused-ring (bicyclic) bond motifs is 1. The molecule has 0 aliphatic carbocycles. The molecule has 0 amide bonds. The van der Waals surface area contributed by atoms with Gasteiger partial charge in [-0.15, -0.1) is 0 Å². The number of imidazole rings is 1. The Morgan fingerprint density at radius 1 is 1.07 bits per heavy atom. The molecule has 8 heteroatoms. The van der Waals surface area contributed by atoms with Crippen molar-refractivity contribution < 1.29 is 16.9 Å². The van der Waals surface area contributed by atoms with Crippen LogP contribution in [0.3, 0.4) is 0 Å². The average Bonchev–Trinajstić information content (AvgIpc) is 3.01. The normalized spacial score (nSPS) is 12.8. The van der Waals surface area contributed by atoms with Crippen molar-refractivity contribution in [2.45, 2.75) is 20.0 Å². The van der Waals surface area contributed by atoms with Gasteiger partial charge in [0.05, 0.1) is 27.0 Å². The molecule has 3 rings (SSSR count). The van der Waals surface area contributed by atoms with E-state index in [9.17, 15) is 9.59 Å². The second-order valence-corrected chi connectivity index (χ2v) is 8.14. The first-order valence-electron chi connectivity index (χ1n) is 9.16. The van der Waals surface area contributed by atoms with E-state index in [-0.39, 0.29) is 23.7 Å². The van der Waals surface area contributed by atoms with Crippen LogP contribution >= 0.6 is 0 Å². The number of halogens is 1. The summed E-state index contributed by atoms with van der Waals surface area (Å²) in [7, 11) is 7.59. The molecule has 0 N–H and O–H groups in total. The topological polar surface area (TPSA) is 61.8 Å². The lowest BCUT2D eigenvalue weighted by molar-refractivity contribution is -0.906. The Morgan fingerprint density at radius 2 is 1.71 bits per heavy atom. The summed E-state index contributed by atoms with van der Waals surface area (Å²) in [5.74, 6) is 0.336. The van der Waals surface area contributed by atoms with Gasteiger partial charge in [-0.1, -0.05) is 37.3 Å². The molecular formula is C20H28ClN5O2. The van der Waals surface area contributed by atoms with E-state index in [4.69, 9.17) is 0 Å². The number of quaternary nitrogens is 1. The Morgan fingerprint density at radius 3 is 2.36 bits per heavy atom.